The van der Waals surface area contributed by atoms with Crippen LogP contribution >= 0.6 is 0 Å². The summed E-state index contributed by atoms with van der Waals surface area (Å²) in [7, 11) is 1.61. The standard InChI is InChI=1S/C26H33NO6/c1-26(2)14-22(33-11-7-5-4-6-10-28)23-17-9-8-16(32-3)12-18(17)20-13-21(29)19(25(30)31)15-27(20)24(23)26/h8-9,12-13,15,22-24,28H,4-7,10-11,14H2,1-3H3,(H,30,31). The molecule has 0 amide bonds. The van der Waals surface area contributed by atoms with Crippen molar-refractivity contribution in [2.24, 2.45) is 5.41 Å². The molecular formula is C26H33NO6. The van der Waals surface area contributed by atoms with Gasteiger partial charge in [-0.05, 0) is 42.4 Å². The molecule has 2 N–H and O–H groups in total. The van der Waals surface area contributed by atoms with Crippen LogP contribution in [0.15, 0.2) is 35.3 Å². The van der Waals surface area contributed by atoms with E-state index >= 15 is 0 Å². The van der Waals surface area contributed by atoms with Crippen LogP contribution in [0, 0.1) is 5.41 Å². The minimum absolute atomic E-state index is 0.0177. The maximum Gasteiger partial charge on any atom is 0.341 e. The maximum atomic E-state index is 12.6. The lowest BCUT2D eigenvalue weighted by molar-refractivity contribution is 0.0372. The van der Waals surface area contributed by atoms with Crippen LogP contribution < -0.4 is 10.2 Å². The molecule has 7 nitrogen and oxygen atoms in total. The van der Waals surface area contributed by atoms with Gasteiger partial charge in [0.05, 0.1) is 18.9 Å². The molecule has 2 aliphatic rings. The predicted molar refractivity (Wildman–Crippen MR) is 125 cm³/mol. The highest BCUT2D eigenvalue weighted by molar-refractivity contribution is 5.88. The highest BCUT2D eigenvalue weighted by atomic mass is 16.5. The summed E-state index contributed by atoms with van der Waals surface area (Å²) in [5.41, 5.74) is 1.85. The number of pyridine rings is 1. The Balaban J connectivity index is 1.76. The van der Waals surface area contributed by atoms with Crippen LogP contribution in [0.2, 0.25) is 0 Å². The molecule has 1 aromatic carbocycles. The summed E-state index contributed by atoms with van der Waals surface area (Å²) in [4.78, 5) is 24.3. The van der Waals surface area contributed by atoms with Crippen LogP contribution in [0.5, 0.6) is 5.75 Å². The summed E-state index contributed by atoms with van der Waals surface area (Å²) in [5.74, 6) is -0.489. The van der Waals surface area contributed by atoms with Gasteiger partial charge in [-0.15, -0.1) is 0 Å². The first-order valence-corrected chi connectivity index (χ1v) is 11.7. The SMILES string of the molecule is COc1ccc2c(c1)-c1cc(=O)c(C(=O)O)cn1C1C2C(OCCCCCCO)CC1(C)C. The second-order valence-corrected chi connectivity index (χ2v) is 9.81. The van der Waals surface area contributed by atoms with Crippen molar-refractivity contribution in [3.63, 3.8) is 0 Å². The second kappa shape index (κ2) is 9.31. The number of methoxy groups -OCH3 is 1. The number of aromatic nitrogens is 1. The number of aliphatic hydroxyl groups is 1. The molecule has 0 bridgehead atoms. The Labute approximate surface area is 194 Å². The van der Waals surface area contributed by atoms with E-state index in [9.17, 15) is 14.7 Å². The molecule has 7 heteroatoms. The van der Waals surface area contributed by atoms with E-state index in [2.05, 4.69) is 19.9 Å². The van der Waals surface area contributed by atoms with E-state index in [1.807, 2.05) is 16.7 Å². The number of unbranched alkanes of at least 4 members (excludes halogenated alkanes) is 3. The Morgan fingerprint density at radius 3 is 2.64 bits per heavy atom. The fourth-order valence-electron chi connectivity index (χ4n) is 5.67. The van der Waals surface area contributed by atoms with Gasteiger partial charge in [-0.25, -0.2) is 4.79 Å². The summed E-state index contributed by atoms with van der Waals surface area (Å²) in [6.07, 6.45) is 6.09. The third kappa shape index (κ3) is 4.32. The van der Waals surface area contributed by atoms with Crippen molar-refractivity contribution in [1.82, 2.24) is 4.57 Å². The van der Waals surface area contributed by atoms with Gasteiger partial charge in [-0.1, -0.05) is 32.8 Å². The number of nitrogens with zero attached hydrogens (tertiary/aromatic N) is 1. The van der Waals surface area contributed by atoms with Gasteiger partial charge in [0, 0.05) is 43.0 Å². The third-order valence-electron chi connectivity index (χ3n) is 7.16. The summed E-state index contributed by atoms with van der Waals surface area (Å²) in [5, 5.41) is 18.6. The number of carboxylic acids is 1. The molecule has 3 unspecified atom stereocenters. The summed E-state index contributed by atoms with van der Waals surface area (Å²) < 4.78 is 13.9. The molecule has 2 aromatic rings. The zero-order valence-electron chi connectivity index (χ0n) is 19.5. The zero-order chi connectivity index (χ0) is 23.8. The van der Waals surface area contributed by atoms with Gasteiger partial charge < -0.3 is 24.3 Å². The van der Waals surface area contributed by atoms with Gasteiger partial charge in [0.15, 0.2) is 5.43 Å². The Kier molecular flexibility index (Phi) is 6.64. The fraction of sp³-hybridized carbons (Fsp3) is 0.538. The predicted octanol–water partition coefficient (Wildman–Crippen LogP) is 4.23. The molecule has 0 saturated heterocycles. The van der Waals surface area contributed by atoms with Crippen LogP contribution in [-0.4, -0.2) is 47.2 Å². The van der Waals surface area contributed by atoms with Crippen LogP contribution in [0.25, 0.3) is 11.3 Å². The molecule has 1 fully saturated rings. The topological polar surface area (TPSA) is 98.0 Å². The number of carbonyl (C=O) groups is 1. The van der Waals surface area contributed by atoms with E-state index in [0.29, 0.717) is 12.4 Å². The van der Waals surface area contributed by atoms with E-state index in [1.165, 1.54) is 12.3 Å². The van der Waals surface area contributed by atoms with Gasteiger partial charge in [-0.2, -0.15) is 0 Å². The molecule has 178 valence electrons. The zero-order valence-corrected chi connectivity index (χ0v) is 19.5. The lowest BCUT2D eigenvalue weighted by atomic mass is 9.77. The number of aromatic carboxylic acids is 1. The van der Waals surface area contributed by atoms with Crippen LogP contribution in [0.1, 0.15) is 73.8 Å². The van der Waals surface area contributed by atoms with Gasteiger partial charge in [0.1, 0.15) is 11.3 Å². The quantitative estimate of drug-likeness (QED) is 0.549. The minimum Gasteiger partial charge on any atom is -0.497 e. The molecule has 0 radical (unpaired) electrons. The largest absolute Gasteiger partial charge is 0.497 e. The summed E-state index contributed by atoms with van der Waals surface area (Å²) >= 11 is 0. The van der Waals surface area contributed by atoms with Gasteiger partial charge in [0.25, 0.3) is 0 Å². The Morgan fingerprint density at radius 1 is 1.18 bits per heavy atom. The normalized spacial score (nSPS) is 22.4. The third-order valence-corrected chi connectivity index (χ3v) is 7.16. The average molecular weight is 456 g/mol. The van der Waals surface area contributed by atoms with Crippen molar-refractivity contribution >= 4 is 5.97 Å². The molecule has 4 rings (SSSR count). The van der Waals surface area contributed by atoms with Crippen molar-refractivity contribution in [2.45, 2.75) is 64.0 Å². The monoisotopic (exact) mass is 455 g/mol. The molecule has 2 heterocycles. The number of fused-ring (bicyclic) bond motifs is 6. The van der Waals surface area contributed by atoms with Crippen LogP contribution in [-0.2, 0) is 4.74 Å². The fourth-order valence-corrected chi connectivity index (χ4v) is 5.67. The summed E-state index contributed by atoms with van der Waals surface area (Å²) in [6.45, 7) is 5.25. The van der Waals surface area contributed by atoms with E-state index in [0.717, 1.165) is 48.9 Å². The van der Waals surface area contributed by atoms with E-state index < -0.39 is 11.4 Å². The number of hydrogen-bond acceptors (Lipinski definition) is 5. The van der Waals surface area contributed by atoms with Gasteiger partial charge >= 0.3 is 5.97 Å². The van der Waals surface area contributed by atoms with Crippen molar-refractivity contribution < 1.29 is 24.5 Å². The number of hydrogen-bond donors (Lipinski definition) is 2. The first-order chi connectivity index (χ1) is 15.8. The minimum atomic E-state index is -1.21. The smallest absolute Gasteiger partial charge is 0.341 e. The van der Waals surface area contributed by atoms with Crippen molar-refractivity contribution in [2.75, 3.05) is 20.3 Å². The van der Waals surface area contributed by atoms with Crippen molar-refractivity contribution in [3.05, 3.63) is 51.8 Å². The van der Waals surface area contributed by atoms with Crippen molar-refractivity contribution in [1.29, 1.82) is 0 Å². The van der Waals surface area contributed by atoms with E-state index in [1.54, 1.807) is 7.11 Å². The van der Waals surface area contributed by atoms with E-state index in [4.69, 9.17) is 14.6 Å². The van der Waals surface area contributed by atoms with Crippen LogP contribution in [0.3, 0.4) is 0 Å². The molecule has 33 heavy (non-hydrogen) atoms. The second-order valence-electron chi connectivity index (χ2n) is 9.81. The first kappa shape index (κ1) is 23.5. The highest BCUT2D eigenvalue weighted by Gasteiger charge is 2.53. The highest BCUT2D eigenvalue weighted by Crippen LogP contribution is 2.59. The lowest BCUT2D eigenvalue weighted by Gasteiger charge is -2.40. The number of benzene rings is 1. The molecule has 1 saturated carbocycles. The van der Waals surface area contributed by atoms with Crippen molar-refractivity contribution in [3.8, 4) is 17.0 Å². The first-order valence-electron chi connectivity index (χ1n) is 11.7. The average Bonchev–Trinajstić information content (AvgIpc) is 3.05. The molecule has 1 aliphatic heterocycles. The van der Waals surface area contributed by atoms with Gasteiger partial charge in [0.2, 0.25) is 0 Å². The lowest BCUT2D eigenvalue weighted by Crippen LogP contribution is -2.33. The van der Waals surface area contributed by atoms with Crippen LogP contribution in [0.4, 0.5) is 0 Å². The number of rotatable bonds is 9. The molecule has 3 atom stereocenters. The molecular weight excluding hydrogens is 422 g/mol. The van der Waals surface area contributed by atoms with E-state index in [-0.39, 0.29) is 35.6 Å². The maximum absolute atomic E-state index is 12.6. The number of carboxylic acid groups (broad SMARTS) is 1. The molecule has 1 aliphatic carbocycles. The molecule has 1 aromatic heterocycles. The Hall–Kier alpha value is -2.64. The Bertz CT molecular complexity index is 1090. The number of aliphatic hydroxyl groups excluding tert-OH is 1. The summed E-state index contributed by atoms with van der Waals surface area (Å²) in [6, 6.07) is 7.33. The van der Waals surface area contributed by atoms with Gasteiger partial charge in [-0.3, -0.25) is 4.79 Å². The number of ether oxygens (including phenoxy) is 2. The molecule has 0 spiro atoms. The Morgan fingerprint density at radius 2 is 1.94 bits per heavy atom.